The Kier molecular flexibility index (Phi) is 8.84. The van der Waals surface area contributed by atoms with Gasteiger partial charge in [-0.3, -0.25) is 9.69 Å². The molecule has 1 fully saturated rings. The Balaban J connectivity index is 2.08. The van der Waals surface area contributed by atoms with E-state index in [9.17, 15) is 9.59 Å². The SMILES string of the molecule is CCCCC(NC(N)=O)C(=O)NCC(c1ccccc1Cl)N1CCOCC1. The van der Waals surface area contributed by atoms with Crippen LogP contribution in [-0.4, -0.2) is 55.7 Å². The van der Waals surface area contributed by atoms with Crippen LogP contribution in [0, 0.1) is 0 Å². The van der Waals surface area contributed by atoms with Gasteiger partial charge in [0.2, 0.25) is 5.91 Å². The zero-order valence-corrected chi connectivity index (χ0v) is 16.5. The third-order valence-corrected chi connectivity index (χ3v) is 5.04. The highest BCUT2D eigenvalue weighted by Gasteiger charge is 2.26. The average Bonchev–Trinajstić information content (AvgIpc) is 2.67. The molecule has 1 aromatic rings. The summed E-state index contributed by atoms with van der Waals surface area (Å²) in [4.78, 5) is 26.1. The van der Waals surface area contributed by atoms with Gasteiger partial charge in [-0.25, -0.2) is 4.79 Å². The van der Waals surface area contributed by atoms with E-state index in [1.165, 1.54) is 0 Å². The molecule has 1 aliphatic heterocycles. The highest BCUT2D eigenvalue weighted by atomic mass is 35.5. The van der Waals surface area contributed by atoms with E-state index in [4.69, 9.17) is 22.1 Å². The topological polar surface area (TPSA) is 96.7 Å². The first-order chi connectivity index (χ1) is 13.0. The van der Waals surface area contributed by atoms with Crippen molar-refractivity contribution in [1.82, 2.24) is 15.5 Å². The maximum atomic E-state index is 12.6. The van der Waals surface area contributed by atoms with Gasteiger partial charge in [0.15, 0.2) is 0 Å². The minimum absolute atomic E-state index is 0.0630. The van der Waals surface area contributed by atoms with Crippen molar-refractivity contribution in [2.75, 3.05) is 32.8 Å². The fourth-order valence-corrected chi connectivity index (χ4v) is 3.50. The summed E-state index contributed by atoms with van der Waals surface area (Å²) in [6.45, 7) is 5.26. The molecule has 0 spiro atoms. The lowest BCUT2D eigenvalue weighted by molar-refractivity contribution is -0.123. The number of halogens is 1. The highest BCUT2D eigenvalue weighted by Crippen LogP contribution is 2.27. The summed E-state index contributed by atoms with van der Waals surface area (Å²) in [5.74, 6) is -0.229. The summed E-state index contributed by atoms with van der Waals surface area (Å²) in [5.41, 5.74) is 6.18. The van der Waals surface area contributed by atoms with Gasteiger partial charge in [0.1, 0.15) is 6.04 Å². The van der Waals surface area contributed by atoms with Gasteiger partial charge in [-0.2, -0.15) is 0 Å². The Morgan fingerprint density at radius 3 is 2.63 bits per heavy atom. The molecule has 2 atom stereocenters. The molecule has 0 saturated carbocycles. The molecule has 2 unspecified atom stereocenters. The smallest absolute Gasteiger partial charge is 0.312 e. The second-order valence-electron chi connectivity index (χ2n) is 6.63. The van der Waals surface area contributed by atoms with Crippen molar-refractivity contribution >= 4 is 23.5 Å². The van der Waals surface area contributed by atoms with Crippen LogP contribution in [0.15, 0.2) is 24.3 Å². The number of nitrogens with one attached hydrogen (secondary N) is 2. The van der Waals surface area contributed by atoms with Crippen LogP contribution in [-0.2, 0) is 9.53 Å². The van der Waals surface area contributed by atoms with Crippen molar-refractivity contribution in [3.8, 4) is 0 Å². The molecule has 1 heterocycles. The number of hydrogen-bond acceptors (Lipinski definition) is 4. The molecule has 4 N–H and O–H groups in total. The molecule has 1 saturated heterocycles. The van der Waals surface area contributed by atoms with Crippen LogP contribution >= 0.6 is 11.6 Å². The molecule has 2 rings (SSSR count). The summed E-state index contributed by atoms with van der Waals surface area (Å²) >= 11 is 6.41. The first-order valence-corrected chi connectivity index (χ1v) is 9.80. The van der Waals surface area contributed by atoms with E-state index in [1.54, 1.807) is 0 Å². The first kappa shape index (κ1) is 21.5. The van der Waals surface area contributed by atoms with Gasteiger partial charge in [0.25, 0.3) is 0 Å². The van der Waals surface area contributed by atoms with Crippen LogP contribution < -0.4 is 16.4 Å². The predicted octanol–water partition coefficient (Wildman–Crippen LogP) is 2.06. The minimum Gasteiger partial charge on any atom is -0.379 e. The second-order valence-corrected chi connectivity index (χ2v) is 7.04. The molecule has 0 bridgehead atoms. The normalized spacial score (nSPS) is 17.1. The molecule has 0 aliphatic carbocycles. The lowest BCUT2D eigenvalue weighted by Gasteiger charge is -2.35. The number of nitrogens with zero attached hydrogens (tertiary/aromatic N) is 1. The molecule has 3 amide bonds. The van der Waals surface area contributed by atoms with E-state index in [2.05, 4.69) is 15.5 Å². The second kappa shape index (κ2) is 11.1. The van der Waals surface area contributed by atoms with Gasteiger partial charge in [-0.1, -0.05) is 49.6 Å². The molecular weight excluding hydrogens is 368 g/mol. The number of amides is 3. The molecule has 27 heavy (non-hydrogen) atoms. The Bertz CT molecular complexity index is 623. The van der Waals surface area contributed by atoms with E-state index < -0.39 is 12.1 Å². The van der Waals surface area contributed by atoms with E-state index in [0.29, 0.717) is 31.2 Å². The molecule has 150 valence electrons. The summed E-state index contributed by atoms with van der Waals surface area (Å²) in [5, 5.41) is 6.17. The van der Waals surface area contributed by atoms with Crippen molar-refractivity contribution in [3.05, 3.63) is 34.9 Å². The molecule has 0 radical (unpaired) electrons. The van der Waals surface area contributed by atoms with Gasteiger partial charge in [0, 0.05) is 24.7 Å². The molecule has 7 nitrogen and oxygen atoms in total. The monoisotopic (exact) mass is 396 g/mol. The number of unbranched alkanes of at least 4 members (excludes halogenated alkanes) is 1. The van der Waals surface area contributed by atoms with Crippen LogP contribution in [0.2, 0.25) is 5.02 Å². The van der Waals surface area contributed by atoms with Crippen molar-refractivity contribution < 1.29 is 14.3 Å². The molecule has 1 aliphatic rings. The highest BCUT2D eigenvalue weighted by molar-refractivity contribution is 6.31. The fourth-order valence-electron chi connectivity index (χ4n) is 3.24. The van der Waals surface area contributed by atoms with Crippen LogP contribution in [0.5, 0.6) is 0 Å². The number of morpholine rings is 1. The van der Waals surface area contributed by atoms with Crippen molar-refractivity contribution in [3.63, 3.8) is 0 Å². The number of benzene rings is 1. The summed E-state index contributed by atoms with van der Waals surface area (Å²) in [6, 6.07) is 6.27. The van der Waals surface area contributed by atoms with Crippen molar-refractivity contribution in [1.29, 1.82) is 0 Å². The lowest BCUT2D eigenvalue weighted by Crippen LogP contribution is -2.51. The molecule has 1 aromatic carbocycles. The van der Waals surface area contributed by atoms with E-state index in [1.807, 2.05) is 31.2 Å². The Morgan fingerprint density at radius 2 is 2.00 bits per heavy atom. The standard InChI is InChI=1S/C19H29ClN4O3/c1-2-3-8-16(23-19(21)26)18(25)22-13-17(24-9-11-27-12-10-24)14-6-4-5-7-15(14)20/h4-7,16-17H,2-3,8-13H2,1H3,(H,22,25)(H3,21,23,26). The fraction of sp³-hybridized carbons (Fsp3) is 0.579. The largest absolute Gasteiger partial charge is 0.379 e. The summed E-state index contributed by atoms with van der Waals surface area (Å²) in [7, 11) is 0. The molecule has 0 aromatic heterocycles. The number of nitrogens with two attached hydrogens (primary N) is 1. The maximum Gasteiger partial charge on any atom is 0.312 e. The lowest BCUT2D eigenvalue weighted by atomic mass is 10.0. The van der Waals surface area contributed by atoms with E-state index >= 15 is 0 Å². The maximum absolute atomic E-state index is 12.6. The van der Waals surface area contributed by atoms with Crippen LogP contribution in [0.25, 0.3) is 0 Å². The summed E-state index contributed by atoms with van der Waals surface area (Å²) < 4.78 is 5.44. The number of primary amides is 1. The zero-order chi connectivity index (χ0) is 19.6. The van der Waals surface area contributed by atoms with Crippen molar-refractivity contribution in [2.24, 2.45) is 5.73 Å². The molecular formula is C19H29ClN4O3. The van der Waals surface area contributed by atoms with Crippen molar-refractivity contribution in [2.45, 2.75) is 38.3 Å². The number of carbonyl (C=O) groups is 2. The van der Waals surface area contributed by atoms with Gasteiger partial charge < -0.3 is 21.1 Å². The zero-order valence-electron chi connectivity index (χ0n) is 15.7. The third-order valence-electron chi connectivity index (χ3n) is 4.70. The van der Waals surface area contributed by atoms with Crippen LogP contribution in [0.3, 0.4) is 0 Å². The minimum atomic E-state index is -0.693. The Labute approximate surface area is 165 Å². The number of rotatable bonds is 9. The Hall–Kier alpha value is -1.83. The van der Waals surface area contributed by atoms with Gasteiger partial charge in [-0.05, 0) is 18.1 Å². The van der Waals surface area contributed by atoms with E-state index in [-0.39, 0.29) is 11.9 Å². The Morgan fingerprint density at radius 1 is 1.30 bits per heavy atom. The molecule has 8 heteroatoms. The number of ether oxygens (including phenoxy) is 1. The third kappa shape index (κ3) is 6.68. The summed E-state index contributed by atoms with van der Waals surface area (Å²) in [6.07, 6.45) is 2.32. The number of carbonyl (C=O) groups excluding carboxylic acids is 2. The van der Waals surface area contributed by atoms with Gasteiger partial charge in [-0.15, -0.1) is 0 Å². The van der Waals surface area contributed by atoms with Gasteiger partial charge >= 0.3 is 6.03 Å². The van der Waals surface area contributed by atoms with Crippen LogP contribution in [0.1, 0.15) is 37.8 Å². The number of urea groups is 1. The van der Waals surface area contributed by atoms with Gasteiger partial charge in [0.05, 0.1) is 19.3 Å². The first-order valence-electron chi connectivity index (χ1n) is 9.42. The predicted molar refractivity (Wildman–Crippen MR) is 106 cm³/mol. The average molecular weight is 397 g/mol. The quantitative estimate of drug-likeness (QED) is 0.595. The van der Waals surface area contributed by atoms with E-state index in [0.717, 1.165) is 31.5 Å². The number of hydrogen-bond donors (Lipinski definition) is 3. The van der Waals surface area contributed by atoms with Crippen LogP contribution in [0.4, 0.5) is 4.79 Å².